The average molecular weight is 738 g/mol. The van der Waals surface area contributed by atoms with Gasteiger partial charge in [-0.2, -0.15) is 10.1 Å². The maximum absolute atomic E-state index is 15.7. The molecule has 0 radical (unpaired) electrons. The molecule has 0 spiro atoms. The number of nitrogens with one attached hydrogen (secondary N) is 1. The molecule has 5 aromatic rings. The summed E-state index contributed by atoms with van der Waals surface area (Å²) in [6.45, 7) is 13.3. The van der Waals surface area contributed by atoms with E-state index in [-0.39, 0.29) is 24.7 Å². The van der Waals surface area contributed by atoms with E-state index in [1.54, 1.807) is 17.0 Å². The van der Waals surface area contributed by atoms with Crippen molar-refractivity contribution in [2.24, 2.45) is 0 Å². The first kappa shape index (κ1) is 37.2. The molecule has 54 heavy (non-hydrogen) atoms. The molecular weight excluding hydrogens is 689 g/mol. The first-order valence-electron chi connectivity index (χ1n) is 18.7. The Bertz CT molecular complexity index is 2130. The monoisotopic (exact) mass is 737 g/mol. The molecule has 2 saturated heterocycles. The van der Waals surface area contributed by atoms with Crippen LogP contribution in [-0.2, 0) is 21.4 Å². The molecule has 0 bridgehead atoms. The SMILES string of the molecule is CC(C)(C)OC(=O)N1CCC(c2ccc(-c3cnc4c(c3)c(-c3ccc(CNC(=O)c5noc(C(C)(C)C)n5)c(F)c3)nn4C3CCCCO3)cc2)CC1. The van der Waals surface area contributed by atoms with Crippen LogP contribution in [0, 0.1) is 5.82 Å². The fourth-order valence-electron chi connectivity index (χ4n) is 6.89. The number of pyridine rings is 1. The number of hydrogen-bond donors (Lipinski definition) is 1. The van der Waals surface area contributed by atoms with E-state index in [0.29, 0.717) is 54.0 Å². The van der Waals surface area contributed by atoms with Crippen molar-refractivity contribution in [3.8, 4) is 22.4 Å². The molecular formula is C41H48FN7O5. The zero-order valence-electron chi connectivity index (χ0n) is 31.8. The lowest BCUT2D eigenvalue weighted by Gasteiger charge is -2.33. The molecule has 1 unspecified atom stereocenters. The highest BCUT2D eigenvalue weighted by atomic mass is 19.1. The highest BCUT2D eigenvalue weighted by molar-refractivity contribution is 5.94. The lowest BCUT2D eigenvalue weighted by Crippen LogP contribution is -2.41. The van der Waals surface area contributed by atoms with E-state index in [9.17, 15) is 9.59 Å². The Balaban J connectivity index is 1.11. The van der Waals surface area contributed by atoms with Gasteiger partial charge in [0.25, 0.3) is 11.7 Å². The van der Waals surface area contributed by atoms with Gasteiger partial charge in [0.05, 0.1) is 0 Å². The molecule has 2 aliphatic rings. The second kappa shape index (κ2) is 14.9. The van der Waals surface area contributed by atoms with Crippen LogP contribution in [0.5, 0.6) is 0 Å². The van der Waals surface area contributed by atoms with Crippen molar-refractivity contribution in [1.29, 1.82) is 0 Å². The average Bonchev–Trinajstić information content (AvgIpc) is 3.81. The molecule has 2 amide bonds. The number of carbonyl (C=O) groups excluding carboxylic acids is 2. The number of piperidine rings is 1. The number of carbonyl (C=O) groups is 2. The summed E-state index contributed by atoms with van der Waals surface area (Å²) in [5, 5.41) is 12.2. The van der Waals surface area contributed by atoms with Crippen LogP contribution in [0.4, 0.5) is 9.18 Å². The Morgan fingerprint density at radius 2 is 1.69 bits per heavy atom. The highest BCUT2D eigenvalue weighted by Gasteiger charge is 2.29. The standard InChI is InChI=1S/C41H48FN7O5/c1-40(2,3)38-45-35(47-54-38)37(50)44-23-29-15-14-28(22-32(29)42)34-31-21-30(24-43-36(31)49(46-34)33-9-7-8-20-52-33)26-12-10-25(11-13-26)27-16-18-48(19-17-27)39(51)53-41(4,5)6/h10-15,21-22,24,27,33H,7-9,16-20,23H2,1-6H3,(H,44,50). The summed E-state index contributed by atoms with van der Waals surface area (Å²) < 4.78 is 34.4. The molecule has 1 atom stereocenters. The Morgan fingerprint density at radius 3 is 2.33 bits per heavy atom. The minimum absolute atomic E-state index is 0.0556. The maximum atomic E-state index is 15.7. The van der Waals surface area contributed by atoms with Crippen LogP contribution in [0.3, 0.4) is 0 Å². The zero-order chi connectivity index (χ0) is 38.2. The number of nitrogens with zero attached hydrogens (tertiary/aromatic N) is 6. The fourth-order valence-corrected chi connectivity index (χ4v) is 6.89. The molecule has 0 saturated carbocycles. The van der Waals surface area contributed by atoms with E-state index in [1.165, 1.54) is 11.6 Å². The van der Waals surface area contributed by atoms with Gasteiger partial charge in [-0.05, 0) is 82.1 Å². The molecule has 284 valence electrons. The minimum Gasteiger partial charge on any atom is -0.444 e. The van der Waals surface area contributed by atoms with E-state index in [1.807, 2.05) is 52.4 Å². The number of benzene rings is 2. The molecule has 0 aliphatic carbocycles. The number of fused-ring (bicyclic) bond motifs is 1. The molecule has 13 heteroatoms. The van der Waals surface area contributed by atoms with Gasteiger partial charge in [-0.25, -0.2) is 18.9 Å². The number of rotatable bonds is 7. The van der Waals surface area contributed by atoms with Crippen LogP contribution in [0.2, 0.25) is 0 Å². The van der Waals surface area contributed by atoms with Gasteiger partial charge >= 0.3 is 6.09 Å². The summed E-state index contributed by atoms with van der Waals surface area (Å²) in [7, 11) is 0. The van der Waals surface area contributed by atoms with Gasteiger partial charge in [-0.3, -0.25) is 4.79 Å². The van der Waals surface area contributed by atoms with Gasteiger partial charge < -0.3 is 24.2 Å². The summed E-state index contributed by atoms with van der Waals surface area (Å²) in [5.41, 5.74) is 4.38. The molecule has 3 aromatic heterocycles. The second-order valence-electron chi connectivity index (χ2n) is 16.2. The number of aromatic nitrogens is 5. The number of hydrogen-bond acceptors (Lipinski definition) is 9. The number of halogens is 1. The van der Waals surface area contributed by atoms with Crippen LogP contribution in [-0.4, -0.2) is 67.1 Å². The van der Waals surface area contributed by atoms with Crippen molar-refractivity contribution in [3.63, 3.8) is 0 Å². The van der Waals surface area contributed by atoms with E-state index in [2.05, 4.69) is 45.8 Å². The normalized spacial score (nSPS) is 17.2. The summed E-state index contributed by atoms with van der Waals surface area (Å²) in [5.74, 6) is -0.436. The predicted molar refractivity (Wildman–Crippen MR) is 201 cm³/mol. The van der Waals surface area contributed by atoms with Gasteiger partial charge in [-0.1, -0.05) is 62.3 Å². The maximum Gasteiger partial charge on any atom is 0.410 e. The van der Waals surface area contributed by atoms with Crippen LogP contribution >= 0.6 is 0 Å². The van der Waals surface area contributed by atoms with Gasteiger partial charge in [0.15, 0.2) is 11.9 Å². The van der Waals surface area contributed by atoms with Gasteiger partial charge in [0.2, 0.25) is 5.89 Å². The summed E-state index contributed by atoms with van der Waals surface area (Å²) >= 11 is 0. The van der Waals surface area contributed by atoms with Crippen molar-refractivity contribution < 1.29 is 28.0 Å². The third-order valence-electron chi connectivity index (χ3n) is 9.87. The minimum atomic E-state index is -0.551. The van der Waals surface area contributed by atoms with Crippen molar-refractivity contribution in [1.82, 2.24) is 35.1 Å². The Labute approximate surface area is 314 Å². The van der Waals surface area contributed by atoms with Gasteiger partial charge in [0, 0.05) is 59.9 Å². The van der Waals surface area contributed by atoms with Gasteiger partial charge in [-0.15, -0.1) is 0 Å². The molecule has 7 rings (SSSR count). The first-order chi connectivity index (χ1) is 25.7. The van der Waals surface area contributed by atoms with Crippen molar-refractivity contribution in [2.45, 2.75) is 103 Å². The zero-order valence-corrected chi connectivity index (χ0v) is 31.8. The molecule has 12 nitrogen and oxygen atoms in total. The quantitative estimate of drug-likeness (QED) is 0.175. The topological polar surface area (TPSA) is 138 Å². The molecule has 2 aromatic carbocycles. The first-order valence-corrected chi connectivity index (χ1v) is 18.7. The van der Waals surface area contributed by atoms with E-state index in [0.717, 1.165) is 48.6 Å². The van der Waals surface area contributed by atoms with E-state index < -0.39 is 22.7 Å². The summed E-state index contributed by atoms with van der Waals surface area (Å²) in [6, 6.07) is 15.5. The van der Waals surface area contributed by atoms with Gasteiger partial charge in [0.1, 0.15) is 17.1 Å². The van der Waals surface area contributed by atoms with Crippen molar-refractivity contribution in [3.05, 3.63) is 83.4 Å². The van der Waals surface area contributed by atoms with Crippen LogP contribution < -0.4 is 5.32 Å². The number of likely N-dealkylation sites (tertiary alicyclic amines) is 1. The third kappa shape index (κ3) is 8.15. The molecule has 2 aliphatic heterocycles. The summed E-state index contributed by atoms with van der Waals surface area (Å²) in [4.78, 5) is 36.1. The lowest BCUT2D eigenvalue weighted by atomic mass is 9.88. The van der Waals surface area contributed by atoms with Crippen molar-refractivity contribution in [2.75, 3.05) is 19.7 Å². The second-order valence-corrected chi connectivity index (χ2v) is 16.2. The summed E-state index contributed by atoms with van der Waals surface area (Å²) in [6.07, 6.45) is 5.89. The molecule has 1 N–H and O–H groups in total. The van der Waals surface area contributed by atoms with Crippen LogP contribution in [0.1, 0.15) is 113 Å². The third-order valence-corrected chi connectivity index (χ3v) is 9.87. The largest absolute Gasteiger partial charge is 0.444 e. The van der Waals surface area contributed by atoms with Crippen LogP contribution in [0.25, 0.3) is 33.4 Å². The predicted octanol–water partition coefficient (Wildman–Crippen LogP) is 8.33. The number of amides is 2. The van der Waals surface area contributed by atoms with Crippen molar-refractivity contribution >= 4 is 23.0 Å². The van der Waals surface area contributed by atoms with E-state index in [4.69, 9.17) is 24.1 Å². The highest BCUT2D eigenvalue weighted by Crippen LogP contribution is 2.36. The molecule has 5 heterocycles. The van der Waals surface area contributed by atoms with Crippen LogP contribution in [0.15, 0.2) is 59.3 Å². The Morgan fingerprint density at radius 1 is 0.944 bits per heavy atom. The Hall–Kier alpha value is -5.17. The molecule has 2 fully saturated rings. The number of ether oxygens (including phenoxy) is 2. The lowest BCUT2D eigenvalue weighted by molar-refractivity contribution is -0.0368. The smallest absolute Gasteiger partial charge is 0.410 e. The fraction of sp³-hybridized carbons (Fsp3) is 0.463. The Kier molecular flexibility index (Phi) is 10.3. The van der Waals surface area contributed by atoms with E-state index >= 15 is 4.39 Å².